The van der Waals surface area contributed by atoms with Crippen LogP contribution in [0.4, 0.5) is 23.1 Å². The molecule has 1 aromatic carbocycles. The van der Waals surface area contributed by atoms with Gasteiger partial charge in [0, 0.05) is 69.6 Å². The fraction of sp³-hybridized carbons (Fsp3) is 0.615. The Morgan fingerprint density at radius 1 is 0.939 bits per heavy atom. The second kappa shape index (κ2) is 14.7. The van der Waals surface area contributed by atoms with Gasteiger partial charge in [-0.15, -0.1) is 0 Å². The molecule has 2 N–H and O–H groups in total. The van der Waals surface area contributed by atoms with Crippen molar-refractivity contribution in [3.8, 4) is 0 Å². The van der Waals surface area contributed by atoms with Crippen LogP contribution in [0.5, 0.6) is 0 Å². The third-order valence-electron chi connectivity index (χ3n) is 5.91. The summed E-state index contributed by atoms with van der Waals surface area (Å²) in [6.07, 6.45) is 8.36. The third kappa shape index (κ3) is 8.82. The first-order valence-electron chi connectivity index (χ1n) is 12.4. The maximum Gasteiger partial charge on any atom is 0.229 e. The van der Waals surface area contributed by atoms with E-state index in [4.69, 9.17) is 4.98 Å². The highest BCUT2D eigenvalue weighted by atomic mass is 16.4. The normalized spacial score (nSPS) is 16.7. The van der Waals surface area contributed by atoms with Crippen molar-refractivity contribution < 1.29 is 4.74 Å². The van der Waals surface area contributed by atoms with E-state index in [1.807, 2.05) is 20.0 Å². The van der Waals surface area contributed by atoms with Gasteiger partial charge in [0.1, 0.15) is 5.82 Å². The lowest BCUT2D eigenvalue weighted by Gasteiger charge is -2.34. The van der Waals surface area contributed by atoms with Gasteiger partial charge >= 0.3 is 0 Å². The Hall–Kier alpha value is -2.38. The number of likely N-dealkylation sites (N-methyl/N-ethyl adjacent to an activating group) is 1. The smallest absolute Gasteiger partial charge is 0.229 e. The first-order valence-corrected chi connectivity index (χ1v) is 12.4. The Morgan fingerprint density at radius 3 is 2.15 bits per heavy atom. The van der Waals surface area contributed by atoms with E-state index in [9.17, 15) is 0 Å². The molecule has 0 amide bonds. The molecular weight excluding hydrogens is 412 g/mol. The van der Waals surface area contributed by atoms with Gasteiger partial charge in [-0.2, -0.15) is 4.98 Å². The maximum absolute atomic E-state index is 4.73. The highest BCUT2D eigenvalue weighted by Crippen LogP contribution is 2.24. The number of hydrogen-bond donors (Lipinski definition) is 2. The van der Waals surface area contributed by atoms with E-state index < -0.39 is 0 Å². The van der Waals surface area contributed by atoms with E-state index >= 15 is 0 Å². The largest absolute Gasteiger partial charge is 0.388 e. The summed E-state index contributed by atoms with van der Waals surface area (Å²) in [7, 11) is 5.43. The molecule has 0 atom stereocenters. The maximum atomic E-state index is 4.73. The van der Waals surface area contributed by atoms with Gasteiger partial charge in [0.2, 0.25) is 5.95 Å². The molecule has 7 heteroatoms. The van der Waals surface area contributed by atoms with E-state index in [0.717, 1.165) is 43.2 Å². The van der Waals surface area contributed by atoms with Crippen molar-refractivity contribution in [1.82, 2.24) is 14.9 Å². The summed E-state index contributed by atoms with van der Waals surface area (Å²) in [6.45, 7) is 10.5. The van der Waals surface area contributed by atoms with Crippen molar-refractivity contribution in [2.24, 2.45) is 0 Å². The molecule has 7 nitrogen and oxygen atoms in total. The minimum atomic E-state index is 0.540. The lowest BCUT2D eigenvalue weighted by Crippen LogP contribution is -2.44. The van der Waals surface area contributed by atoms with Crippen LogP contribution in [-0.4, -0.2) is 68.4 Å². The summed E-state index contributed by atoms with van der Waals surface area (Å²) in [5.41, 5.74) is 3.40. The van der Waals surface area contributed by atoms with Gasteiger partial charge in [-0.25, -0.2) is 4.98 Å². The zero-order chi connectivity index (χ0) is 24.1. The molecule has 184 valence electrons. The van der Waals surface area contributed by atoms with E-state index in [2.05, 4.69) is 68.4 Å². The van der Waals surface area contributed by atoms with Gasteiger partial charge in [-0.3, -0.25) is 0 Å². The van der Waals surface area contributed by atoms with Crippen LogP contribution in [0.25, 0.3) is 0 Å². The van der Waals surface area contributed by atoms with Gasteiger partial charge in [-0.05, 0) is 51.1 Å². The van der Waals surface area contributed by atoms with E-state index in [0.29, 0.717) is 12.0 Å². The number of aryl methyl sites for hydroxylation is 1. The highest BCUT2D eigenvalue weighted by molar-refractivity contribution is 5.60. The van der Waals surface area contributed by atoms with Crippen molar-refractivity contribution in [3.05, 3.63) is 36.0 Å². The lowest BCUT2D eigenvalue weighted by atomic mass is 9.95. The fourth-order valence-electron chi connectivity index (χ4n) is 4.04. The van der Waals surface area contributed by atoms with Crippen LogP contribution in [0.2, 0.25) is 0 Å². The first kappa shape index (κ1) is 26.9. The molecule has 1 aromatic heterocycles. The van der Waals surface area contributed by atoms with Crippen LogP contribution in [-0.2, 0) is 4.74 Å². The van der Waals surface area contributed by atoms with E-state index in [1.165, 1.54) is 37.8 Å². The molecule has 2 aliphatic rings. The standard InChI is InChI=1S/C22H32N6.C2H6O.C2H6/c1-17-16-23-22(26-21(17)24-18-6-4-3-5-7-18)25-19-8-10-20(11-9-19)28-14-12-27(2)13-15-28;1-3-2;1-2/h8-11,16,18H,3-7,12-15H2,1-2H3,(H2,23,24,25,26);1-2H3;1-2H3. The van der Waals surface area contributed by atoms with Crippen LogP contribution in [0.3, 0.4) is 0 Å². The molecule has 0 radical (unpaired) electrons. The monoisotopic (exact) mass is 456 g/mol. The summed E-state index contributed by atoms with van der Waals surface area (Å²) < 4.78 is 4.25. The summed E-state index contributed by atoms with van der Waals surface area (Å²) in [4.78, 5) is 14.0. The Kier molecular flexibility index (Phi) is 12.0. The Bertz CT molecular complexity index is 784. The second-order valence-corrected chi connectivity index (χ2v) is 8.57. The number of hydrogen-bond acceptors (Lipinski definition) is 7. The van der Waals surface area contributed by atoms with Gasteiger partial charge < -0.3 is 25.2 Å². The minimum absolute atomic E-state index is 0.540. The number of ether oxygens (including phenoxy) is 1. The minimum Gasteiger partial charge on any atom is -0.388 e. The molecule has 2 heterocycles. The molecule has 33 heavy (non-hydrogen) atoms. The molecule has 0 spiro atoms. The van der Waals surface area contributed by atoms with Crippen LogP contribution in [0, 0.1) is 6.92 Å². The Balaban J connectivity index is 0.000000714. The van der Waals surface area contributed by atoms with Crippen LogP contribution in [0.15, 0.2) is 30.5 Å². The molecule has 2 aromatic rings. The molecule has 1 aliphatic carbocycles. The van der Waals surface area contributed by atoms with Crippen LogP contribution >= 0.6 is 0 Å². The van der Waals surface area contributed by atoms with Gasteiger partial charge in [0.25, 0.3) is 0 Å². The van der Waals surface area contributed by atoms with Crippen molar-refractivity contribution in [2.45, 2.75) is 58.9 Å². The second-order valence-electron chi connectivity index (χ2n) is 8.57. The molecule has 0 unspecified atom stereocenters. The molecule has 1 saturated heterocycles. The van der Waals surface area contributed by atoms with Crippen molar-refractivity contribution in [3.63, 3.8) is 0 Å². The quantitative estimate of drug-likeness (QED) is 0.632. The van der Waals surface area contributed by atoms with Gasteiger partial charge in [-0.1, -0.05) is 33.1 Å². The average Bonchev–Trinajstić information content (AvgIpc) is 2.85. The Morgan fingerprint density at radius 2 is 1.55 bits per heavy atom. The van der Waals surface area contributed by atoms with Crippen LogP contribution < -0.4 is 15.5 Å². The summed E-state index contributed by atoms with van der Waals surface area (Å²) >= 11 is 0. The Labute approximate surface area is 200 Å². The van der Waals surface area contributed by atoms with Gasteiger partial charge in [0.15, 0.2) is 0 Å². The van der Waals surface area contributed by atoms with E-state index in [1.54, 1.807) is 14.2 Å². The molecule has 2 fully saturated rings. The van der Waals surface area contributed by atoms with Gasteiger partial charge in [0.05, 0.1) is 0 Å². The zero-order valence-electron chi connectivity index (χ0n) is 21.5. The number of methoxy groups -OCH3 is 1. The topological polar surface area (TPSA) is 65.5 Å². The van der Waals surface area contributed by atoms with Crippen LogP contribution in [0.1, 0.15) is 51.5 Å². The number of benzene rings is 1. The number of aromatic nitrogens is 2. The number of piperazine rings is 1. The first-order chi connectivity index (χ1) is 16.1. The highest BCUT2D eigenvalue weighted by Gasteiger charge is 2.16. The number of rotatable bonds is 5. The molecule has 1 aliphatic heterocycles. The zero-order valence-corrected chi connectivity index (χ0v) is 21.5. The molecular formula is C26H44N6O. The van der Waals surface area contributed by atoms with E-state index in [-0.39, 0.29) is 0 Å². The number of nitrogens with one attached hydrogen (secondary N) is 2. The van der Waals surface area contributed by atoms with Crippen molar-refractivity contribution >= 4 is 23.1 Å². The number of nitrogens with zero attached hydrogens (tertiary/aromatic N) is 4. The van der Waals surface area contributed by atoms with Crippen molar-refractivity contribution in [2.75, 3.05) is 63.0 Å². The SMILES string of the molecule is CC.COC.Cc1cnc(Nc2ccc(N3CCN(C)CC3)cc2)nc1NC1CCCCC1. The predicted octanol–water partition coefficient (Wildman–Crippen LogP) is 5.31. The molecule has 0 bridgehead atoms. The molecule has 1 saturated carbocycles. The fourth-order valence-corrected chi connectivity index (χ4v) is 4.04. The summed E-state index contributed by atoms with van der Waals surface area (Å²) in [5.74, 6) is 1.61. The van der Waals surface area contributed by atoms with Crippen molar-refractivity contribution in [1.29, 1.82) is 0 Å². The summed E-state index contributed by atoms with van der Waals surface area (Å²) in [5, 5.41) is 6.99. The third-order valence-corrected chi connectivity index (χ3v) is 5.91. The molecule has 4 rings (SSSR count). The summed E-state index contributed by atoms with van der Waals surface area (Å²) in [6, 6.07) is 9.14. The predicted molar refractivity (Wildman–Crippen MR) is 141 cm³/mol. The lowest BCUT2D eigenvalue weighted by molar-refractivity contribution is 0.277. The number of anilines is 4. The average molecular weight is 457 g/mol.